The summed E-state index contributed by atoms with van der Waals surface area (Å²) in [5, 5.41) is 12.5. The average molecular weight is 339 g/mol. The number of nitrogens with zero attached hydrogens (tertiary/aromatic N) is 2. The summed E-state index contributed by atoms with van der Waals surface area (Å²) in [5.41, 5.74) is 0.495. The zero-order valence-electron chi connectivity index (χ0n) is 13.3. The molecule has 0 aromatic carbocycles. The van der Waals surface area contributed by atoms with Gasteiger partial charge in [0.05, 0.1) is 36.6 Å². The van der Waals surface area contributed by atoms with E-state index in [0.717, 1.165) is 12.8 Å². The van der Waals surface area contributed by atoms with Crippen molar-refractivity contribution in [1.29, 1.82) is 0 Å². The van der Waals surface area contributed by atoms with E-state index in [0.29, 0.717) is 25.1 Å². The molecule has 3 rings (SSSR count). The Kier molecular flexibility index (Phi) is 5.29. The predicted octanol–water partition coefficient (Wildman–Crippen LogP) is 0.800. The number of anilines is 1. The summed E-state index contributed by atoms with van der Waals surface area (Å²) in [5.74, 6) is -0.0125. The molecular formula is C15H22FN5O3. The molecule has 1 aromatic heterocycles. The van der Waals surface area contributed by atoms with Crippen molar-refractivity contribution in [3.8, 4) is 0 Å². The van der Waals surface area contributed by atoms with Gasteiger partial charge in [0.2, 0.25) is 5.91 Å². The second-order valence-corrected chi connectivity index (χ2v) is 6.07. The first-order chi connectivity index (χ1) is 11.7. The Morgan fingerprint density at radius 2 is 2.38 bits per heavy atom. The Labute approximate surface area is 139 Å². The summed E-state index contributed by atoms with van der Waals surface area (Å²) >= 11 is 0. The van der Waals surface area contributed by atoms with Gasteiger partial charge in [-0.25, -0.2) is 9.18 Å². The van der Waals surface area contributed by atoms with Gasteiger partial charge in [0.1, 0.15) is 6.67 Å². The molecule has 0 aliphatic carbocycles. The molecule has 1 unspecified atom stereocenters. The lowest BCUT2D eigenvalue weighted by atomic mass is 9.92. The monoisotopic (exact) mass is 339 g/mol. The number of aromatic nitrogens is 2. The van der Waals surface area contributed by atoms with Crippen LogP contribution in [0.1, 0.15) is 25.7 Å². The van der Waals surface area contributed by atoms with Crippen LogP contribution in [0.15, 0.2) is 12.4 Å². The number of piperidine rings is 1. The fraction of sp³-hybridized carbons (Fsp3) is 0.667. The number of rotatable bonds is 5. The van der Waals surface area contributed by atoms with Crippen LogP contribution in [-0.4, -0.2) is 53.2 Å². The lowest BCUT2D eigenvalue weighted by Crippen LogP contribution is -2.60. The van der Waals surface area contributed by atoms with Crippen molar-refractivity contribution in [3.05, 3.63) is 12.4 Å². The van der Waals surface area contributed by atoms with Crippen LogP contribution in [-0.2, 0) is 16.1 Å². The number of hydrogen-bond acceptors (Lipinski definition) is 4. The molecule has 0 spiro atoms. The Bertz CT molecular complexity index is 587. The highest BCUT2D eigenvalue weighted by molar-refractivity contribution is 5.89. The van der Waals surface area contributed by atoms with Crippen molar-refractivity contribution in [1.82, 2.24) is 20.4 Å². The van der Waals surface area contributed by atoms with Crippen LogP contribution in [0.2, 0.25) is 0 Å². The van der Waals surface area contributed by atoms with Crippen molar-refractivity contribution in [2.75, 3.05) is 18.6 Å². The van der Waals surface area contributed by atoms with E-state index >= 15 is 0 Å². The maximum atomic E-state index is 12.3. The van der Waals surface area contributed by atoms with E-state index in [4.69, 9.17) is 4.74 Å². The molecule has 0 radical (unpaired) electrons. The second kappa shape index (κ2) is 7.61. The molecule has 132 valence electrons. The molecule has 2 aliphatic heterocycles. The number of carbonyl (C=O) groups is 2. The Balaban J connectivity index is 1.57. The third-order valence-corrected chi connectivity index (χ3v) is 4.33. The summed E-state index contributed by atoms with van der Waals surface area (Å²) < 4.78 is 19.4. The SMILES string of the molecule is O=C1CC[C@@H](NC(=O)Nc2cnn(CCF)c2)[C@H](C2CCCO2)N1. The third kappa shape index (κ3) is 4.02. The van der Waals surface area contributed by atoms with Gasteiger partial charge in [0, 0.05) is 19.2 Å². The van der Waals surface area contributed by atoms with Gasteiger partial charge < -0.3 is 20.7 Å². The molecule has 0 saturated carbocycles. The van der Waals surface area contributed by atoms with Gasteiger partial charge in [-0.2, -0.15) is 5.10 Å². The fourth-order valence-corrected chi connectivity index (χ4v) is 3.20. The summed E-state index contributed by atoms with van der Waals surface area (Å²) in [6.07, 6.45) is 5.76. The Hall–Kier alpha value is -2.16. The van der Waals surface area contributed by atoms with Crippen LogP contribution in [0.4, 0.5) is 14.9 Å². The number of amides is 3. The number of hydrogen-bond donors (Lipinski definition) is 3. The zero-order valence-corrected chi connectivity index (χ0v) is 13.3. The minimum absolute atomic E-state index is 0.0125. The largest absolute Gasteiger partial charge is 0.376 e. The number of aryl methyl sites for hydroxylation is 1. The smallest absolute Gasteiger partial charge is 0.319 e. The van der Waals surface area contributed by atoms with Crippen LogP contribution >= 0.6 is 0 Å². The molecule has 24 heavy (non-hydrogen) atoms. The van der Waals surface area contributed by atoms with Gasteiger partial charge in [0.25, 0.3) is 0 Å². The molecule has 1 aromatic rings. The number of halogens is 1. The number of urea groups is 1. The van der Waals surface area contributed by atoms with Crippen LogP contribution in [0.3, 0.4) is 0 Å². The van der Waals surface area contributed by atoms with E-state index in [9.17, 15) is 14.0 Å². The first kappa shape index (κ1) is 16.7. The van der Waals surface area contributed by atoms with Crippen LogP contribution < -0.4 is 16.0 Å². The molecule has 8 nitrogen and oxygen atoms in total. The highest BCUT2D eigenvalue weighted by Crippen LogP contribution is 2.22. The van der Waals surface area contributed by atoms with E-state index in [2.05, 4.69) is 21.0 Å². The molecule has 2 saturated heterocycles. The van der Waals surface area contributed by atoms with E-state index in [1.807, 2.05) is 0 Å². The zero-order chi connectivity index (χ0) is 16.9. The van der Waals surface area contributed by atoms with E-state index in [-0.39, 0.29) is 36.7 Å². The molecule has 9 heteroatoms. The van der Waals surface area contributed by atoms with Crippen molar-refractivity contribution < 1.29 is 18.7 Å². The third-order valence-electron chi connectivity index (χ3n) is 4.33. The van der Waals surface area contributed by atoms with Crippen LogP contribution in [0, 0.1) is 0 Å². The molecule has 3 N–H and O–H groups in total. The first-order valence-electron chi connectivity index (χ1n) is 8.22. The van der Waals surface area contributed by atoms with E-state index in [1.165, 1.54) is 10.9 Å². The van der Waals surface area contributed by atoms with Gasteiger partial charge in [-0.3, -0.25) is 9.48 Å². The molecule has 2 fully saturated rings. The molecule has 2 aliphatic rings. The molecule has 3 atom stereocenters. The Morgan fingerprint density at radius 1 is 1.50 bits per heavy atom. The van der Waals surface area contributed by atoms with Crippen molar-refractivity contribution >= 4 is 17.6 Å². The van der Waals surface area contributed by atoms with Crippen LogP contribution in [0.5, 0.6) is 0 Å². The summed E-state index contributed by atoms with van der Waals surface area (Å²) in [7, 11) is 0. The molecule has 0 bridgehead atoms. The molecular weight excluding hydrogens is 317 g/mol. The maximum Gasteiger partial charge on any atom is 0.319 e. The van der Waals surface area contributed by atoms with Crippen molar-refractivity contribution in [2.45, 2.75) is 50.4 Å². The minimum atomic E-state index is -0.516. The highest BCUT2D eigenvalue weighted by Gasteiger charge is 2.37. The molecule has 3 heterocycles. The number of ether oxygens (including phenoxy) is 1. The summed E-state index contributed by atoms with van der Waals surface area (Å²) in [4.78, 5) is 23.9. The van der Waals surface area contributed by atoms with Crippen molar-refractivity contribution in [2.24, 2.45) is 0 Å². The van der Waals surface area contributed by atoms with Crippen molar-refractivity contribution in [3.63, 3.8) is 0 Å². The quantitative estimate of drug-likeness (QED) is 0.739. The Morgan fingerprint density at radius 3 is 3.12 bits per heavy atom. The highest BCUT2D eigenvalue weighted by atomic mass is 19.1. The van der Waals surface area contributed by atoms with Crippen LogP contribution in [0.25, 0.3) is 0 Å². The lowest BCUT2D eigenvalue weighted by molar-refractivity contribution is -0.125. The van der Waals surface area contributed by atoms with Gasteiger partial charge >= 0.3 is 6.03 Å². The standard InChI is InChI=1S/C15H22FN5O3/c16-5-6-21-9-10(8-17-21)18-15(23)19-11-3-4-13(22)20-14(11)12-2-1-7-24-12/h8-9,11-12,14H,1-7H2,(H,20,22)(H2,18,19,23)/t11-,12?,14-/m1/s1. The number of alkyl halides is 1. The van der Waals surface area contributed by atoms with Gasteiger partial charge in [-0.15, -0.1) is 0 Å². The lowest BCUT2D eigenvalue weighted by Gasteiger charge is -2.35. The fourth-order valence-electron chi connectivity index (χ4n) is 3.20. The summed E-state index contributed by atoms with van der Waals surface area (Å²) in [6, 6.07) is -0.778. The second-order valence-electron chi connectivity index (χ2n) is 6.07. The average Bonchev–Trinajstić information content (AvgIpc) is 3.21. The number of nitrogens with one attached hydrogen (secondary N) is 3. The minimum Gasteiger partial charge on any atom is -0.376 e. The topological polar surface area (TPSA) is 97.3 Å². The van der Waals surface area contributed by atoms with Gasteiger partial charge in [-0.1, -0.05) is 0 Å². The van der Waals surface area contributed by atoms with E-state index in [1.54, 1.807) is 6.20 Å². The first-order valence-corrected chi connectivity index (χ1v) is 8.22. The molecule has 3 amide bonds. The van der Waals surface area contributed by atoms with Gasteiger partial charge in [-0.05, 0) is 19.3 Å². The normalized spacial score (nSPS) is 26.9. The van der Waals surface area contributed by atoms with E-state index < -0.39 is 6.67 Å². The number of carbonyl (C=O) groups excluding carboxylic acids is 2. The maximum absolute atomic E-state index is 12.3. The predicted molar refractivity (Wildman–Crippen MR) is 84.3 cm³/mol. The van der Waals surface area contributed by atoms with Gasteiger partial charge in [0.15, 0.2) is 0 Å². The summed E-state index contributed by atoms with van der Waals surface area (Å²) in [6.45, 7) is 0.320.